The molecule has 0 aliphatic rings. The fourth-order valence-corrected chi connectivity index (χ4v) is 4.72. The van der Waals surface area contributed by atoms with E-state index in [-0.39, 0.29) is 0 Å². The second kappa shape index (κ2) is 14.2. The predicted octanol–water partition coefficient (Wildman–Crippen LogP) is 8.31. The van der Waals surface area contributed by atoms with E-state index in [0.29, 0.717) is 18.1 Å². The molecule has 0 saturated carbocycles. The number of benzene rings is 2. The van der Waals surface area contributed by atoms with Crippen molar-refractivity contribution in [2.45, 2.75) is 69.9 Å². The minimum atomic E-state index is -2.40. The molecule has 3 rings (SSSR count). The molecule has 2 aromatic carbocycles. The number of imidazole rings is 1. The maximum atomic E-state index is 15.6. The summed E-state index contributed by atoms with van der Waals surface area (Å²) in [7, 11) is 0. The van der Waals surface area contributed by atoms with Crippen molar-refractivity contribution < 1.29 is 23.5 Å². The number of rotatable bonds is 9. The molecule has 234 valence electrons. The number of amides is 2. The van der Waals surface area contributed by atoms with Crippen LogP contribution in [0, 0.1) is 5.41 Å². The zero-order valence-corrected chi connectivity index (χ0v) is 27.4. The van der Waals surface area contributed by atoms with Crippen molar-refractivity contribution in [1.29, 1.82) is 0 Å². The molecule has 2 amide bonds. The number of hydrogen-bond donors (Lipinski definition) is 1. The molecule has 3 aromatic rings. The number of halogens is 4. The fourth-order valence-electron chi connectivity index (χ4n) is 4.53. The topological polar surface area (TPSA) is 85.7 Å². The van der Waals surface area contributed by atoms with Crippen LogP contribution in [0.4, 0.5) is 14.0 Å². The van der Waals surface area contributed by atoms with E-state index in [0.717, 1.165) is 16.0 Å². The molecule has 1 N–H and O–H groups in total. The highest BCUT2D eigenvalue weighted by Gasteiger charge is 2.42. The Bertz CT molecular complexity index is 1350. The number of nitrogens with zero attached hydrogens (tertiary/aromatic N) is 3. The largest absolute Gasteiger partial charge is 0.444 e. The van der Waals surface area contributed by atoms with Gasteiger partial charge in [0.1, 0.15) is 17.6 Å². The Hall–Kier alpha value is -3.01. The van der Waals surface area contributed by atoms with Crippen LogP contribution >= 0.6 is 34.8 Å². The molecular formula is C31H38Cl3FN4O4. The van der Waals surface area contributed by atoms with Crippen LogP contribution in [0.2, 0.25) is 0 Å². The van der Waals surface area contributed by atoms with Gasteiger partial charge >= 0.3 is 16.2 Å². The standard InChI is InChI=1S/C31H38Cl3FN4O4/c1-29(2,3)25(39(28(41)43-31(32,33)34)19-23(35)17-36-27(40)42-30(4,5)6)26-37-24(22-15-11-8-12-16-22)20-38(26)18-21-13-9-7-10-14-21/h7-16,20,23,25H,17-19H2,1-6H3,(H,36,40)/t23-,25+/m1/s1. The third kappa shape index (κ3) is 10.9. The number of aromatic nitrogens is 2. The van der Waals surface area contributed by atoms with Crippen molar-refractivity contribution in [1.82, 2.24) is 19.8 Å². The lowest BCUT2D eigenvalue weighted by atomic mass is 9.84. The van der Waals surface area contributed by atoms with E-state index in [1.54, 1.807) is 20.8 Å². The highest BCUT2D eigenvalue weighted by Crippen LogP contribution is 2.41. The summed E-state index contributed by atoms with van der Waals surface area (Å²) < 4.78 is 25.4. The first-order valence-corrected chi connectivity index (χ1v) is 14.9. The molecule has 12 heteroatoms. The van der Waals surface area contributed by atoms with Gasteiger partial charge in [0.05, 0.1) is 24.8 Å². The number of alkyl halides is 4. The molecule has 43 heavy (non-hydrogen) atoms. The molecule has 0 unspecified atom stereocenters. The SMILES string of the molecule is CC(C)(C)OC(=O)NC[C@@H](F)CN(C(=O)OC(Cl)(Cl)Cl)[C@@H](c1nc(-c2ccccc2)cn1Cc1ccccc1)C(C)(C)C. The summed E-state index contributed by atoms with van der Waals surface area (Å²) in [5, 5.41) is 2.40. The zero-order valence-electron chi connectivity index (χ0n) is 25.1. The average molecular weight is 656 g/mol. The van der Waals surface area contributed by atoms with Gasteiger partial charge in [0.2, 0.25) is 0 Å². The van der Waals surface area contributed by atoms with Gasteiger partial charge in [-0.05, 0) is 66.6 Å². The number of carbonyl (C=O) groups excluding carboxylic acids is 2. The lowest BCUT2D eigenvalue weighted by molar-refractivity contribution is 0.0341. The Morgan fingerprint density at radius 1 is 0.953 bits per heavy atom. The average Bonchev–Trinajstić information content (AvgIpc) is 3.28. The Morgan fingerprint density at radius 2 is 1.53 bits per heavy atom. The minimum absolute atomic E-state index is 0.426. The lowest BCUT2D eigenvalue weighted by Gasteiger charge is -2.40. The van der Waals surface area contributed by atoms with Crippen LogP contribution in [0.3, 0.4) is 0 Å². The molecule has 0 aliphatic carbocycles. The normalized spacial score (nSPS) is 13.6. The molecule has 2 atom stereocenters. The number of carbonyl (C=O) groups is 2. The second-order valence-electron chi connectivity index (χ2n) is 12.2. The molecule has 0 fully saturated rings. The summed E-state index contributed by atoms with van der Waals surface area (Å²) in [4.78, 5) is 31.9. The van der Waals surface area contributed by atoms with Crippen molar-refractivity contribution in [2.24, 2.45) is 5.41 Å². The van der Waals surface area contributed by atoms with E-state index in [1.807, 2.05) is 92.2 Å². The number of alkyl carbamates (subject to hydrolysis) is 1. The number of nitrogens with one attached hydrogen (secondary N) is 1. The van der Waals surface area contributed by atoms with Gasteiger partial charge in [0.15, 0.2) is 0 Å². The van der Waals surface area contributed by atoms with Crippen LogP contribution in [-0.4, -0.2) is 55.5 Å². The summed E-state index contributed by atoms with van der Waals surface area (Å²) in [6.07, 6.45) is -1.68. The molecule has 1 aromatic heterocycles. The van der Waals surface area contributed by atoms with Gasteiger partial charge in [0, 0.05) is 18.3 Å². The van der Waals surface area contributed by atoms with Gasteiger partial charge in [-0.15, -0.1) is 0 Å². The summed E-state index contributed by atoms with van der Waals surface area (Å²) in [5.41, 5.74) is 1.05. The van der Waals surface area contributed by atoms with Crippen molar-refractivity contribution >= 4 is 47.0 Å². The van der Waals surface area contributed by atoms with Crippen molar-refractivity contribution in [2.75, 3.05) is 13.1 Å². The molecule has 0 aliphatic heterocycles. The van der Waals surface area contributed by atoms with Crippen LogP contribution in [0.25, 0.3) is 11.3 Å². The molecule has 0 radical (unpaired) electrons. The van der Waals surface area contributed by atoms with Crippen molar-refractivity contribution in [3.8, 4) is 11.3 Å². The Labute approximate surface area is 267 Å². The van der Waals surface area contributed by atoms with Gasteiger partial charge in [-0.1, -0.05) is 81.4 Å². The van der Waals surface area contributed by atoms with E-state index in [4.69, 9.17) is 49.3 Å². The van der Waals surface area contributed by atoms with Crippen LogP contribution in [-0.2, 0) is 16.0 Å². The van der Waals surface area contributed by atoms with E-state index in [2.05, 4.69) is 5.32 Å². The summed E-state index contributed by atoms with van der Waals surface area (Å²) in [5.74, 6) is 0.476. The molecule has 0 bridgehead atoms. The highest BCUT2D eigenvalue weighted by molar-refractivity contribution is 6.66. The van der Waals surface area contributed by atoms with E-state index in [1.165, 1.54) is 0 Å². The first kappa shape index (κ1) is 34.5. The Morgan fingerprint density at radius 3 is 2.07 bits per heavy atom. The Balaban J connectivity index is 2.07. The van der Waals surface area contributed by atoms with Crippen LogP contribution < -0.4 is 5.32 Å². The second-order valence-corrected chi connectivity index (χ2v) is 14.4. The number of hydrogen-bond acceptors (Lipinski definition) is 5. The third-order valence-electron chi connectivity index (χ3n) is 6.15. The molecule has 0 spiro atoms. The van der Waals surface area contributed by atoms with Crippen molar-refractivity contribution in [3.05, 3.63) is 78.2 Å². The summed E-state index contributed by atoms with van der Waals surface area (Å²) in [6, 6.07) is 18.5. The zero-order chi connectivity index (χ0) is 32.0. The van der Waals surface area contributed by atoms with E-state index >= 15 is 4.39 Å². The van der Waals surface area contributed by atoms with Gasteiger partial charge < -0.3 is 19.4 Å². The Kier molecular flexibility index (Phi) is 11.4. The number of ether oxygens (including phenoxy) is 2. The molecule has 0 saturated heterocycles. The maximum Gasteiger partial charge on any atom is 0.414 e. The summed E-state index contributed by atoms with van der Waals surface area (Å²) in [6.45, 7) is 10.3. The first-order chi connectivity index (χ1) is 19.9. The van der Waals surface area contributed by atoms with E-state index < -0.39 is 52.5 Å². The monoisotopic (exact) mass is 654 g/mol. The van der Waals surface area contributed by atoms with Crippen LogP contribution in [0.1, 0.15) is 59.0 Å². The van der Waals surface area contributed by atoms with Crippen molar-refractivity contribution in [3.63, 3.8) is 0 Å². The summed E-state index contributed by atoms with van der Waals surface area (Å²) >= 11 is 17.5. The predicted molar refractivity (Wildman–Crippen MR) is 168 cm³/mol. The maximum absolute atomic E-state index is 15.6. The third-order valence-corrected chi connectivity index (χ3v) is 6.38. The van der Waals surface area contributed by atoms with Gasteiger partial charge in [-0.25, -0.2) is 19.0 Å². The minimum Gasteiger partial charge on any atom is -0.444 e. The van der Waals surface area contributed by atoms with E-state index in [9.17, 15) is 9.59 Å². The fraction of sp³-hybridized carbons (Fsp3) is 0.452. The first-order valence-electron chi connectivity index (χ1n) is 13.8. The smallest absolute Gasteiger partial charge is 0.414 e. The van der Waals surface area contributed by atoms with Gasteiger partial charge in [-0.3, -0.25) is 4.90 Å². The molecule has 1 heterocycles. The molecular weight excluding hydrogens is 618 g/mol. The van der Waals surface area contributed by atoms with Gasteiger partial charge in [0.25, 0.3) is 0 Å². The quantitative estimate of drug-likeness (QED) is 0.234. The lowest BCUT2D eigenvalue weighted by Crippen LogP contribution is -2.48. The van der Waals surface area contributed by atoms with Crippen LogP contribution in [0.5, 0.6) is 0 Å². The highest BCUT2D eigenvalue weighted by atomic mass is 35.6. The van der Waals surface area contributed by atoms with Gasteiger partial charge in [-0.2, -0.15) is 0 Å². The molecule has 8 nitrogen and oxygen atoms in total. The van der Waals surface area contributed by atoms with Crippen LogP contribution in [0.15, 0.2) is 66.9 Å².